The number of rotatable bonds is 7. The molecule has 0 bridgehead atoms. The second-order valence-electron chi connectivity index (χ2n) is 12.0. The molecule has 2 aromatic carbocycles. The highest BCUT2D eigenvalue weighted by Gasteiger charge is 2.33. The van der Waals surface area contributed by atoms with Gasteiger partial charge in [0.05, 0.1) is 31.0 Å². The average Bonchev–Trinajstić information content (AvgIpc) is 3.57. The van der Waals surface area contributed by atoms with E-state index in [9.17, 15) is 32.3 Å². The molecular formula is C33H34F4N4O6. The number of amides is 1. The molecule has 6 rings (SSSR count). The summed E-state index contributed by atoms with van der Waals surface area (Å²) in [6, 6.07) is 8.95. The van der Waals surface area contributed by atoms with Crippen molar-refractivity contribution in [1.82, 2.24) is 19.6 Å². The Hall–Kier alpha value is -4.43. The van der Waals surface area contributed by atoms with Crippen LogP contribution in [0, 0.1) is 5.82 Å². The lowest BCUT2D eigenvalue weighted by atomic mass is 9.88. The molecule has 10 nitrogen and oxygen atoms in total. The highest BCUT2D eigenvalue weighted by atomic mass is 19.4. The summed E-state index contributed by atoms with van der Waals surface area (Å²) < 4.78 is 70.7. The number of β-amino-alcohol motifs (C(OH)–C–C–N with tert-alkyl or cyclic N) is 1. The van der Waals surface area contributed by atoms with Gasteiger partial charge in [0.1, 0.15) is 11.4 Å². The lowest BCUT2D eigenvalue weighted by molar-refractivity contribution is -0.137. The SMILES string of the molecule is COC(=O)Oc1oc2cc(F)ccc2c1C1CCN(CC(O)Cn2nc(-c3ccc(C(F)(F)F)cc3)c3c2CCN(C(C)=O)C3)CC1. The van der Waals surface area contributed by atoms with Gasteiger partial charge in [-0.15, -0.1) is 0 Å². The number of benzene rings is 2. The van der Waals surface area contributed by atoms with Gasteiger partial charge in [0.2, 0.25) is 5.91 Å². The average molecular weight is 659 g/mol. The van der Waals surface area contributed by atoms with Crippen molar-refractivity contribution in [3.63, 3.8) is 0 Å². The molecule has 2 aromatic heterocycles. The third-order valence-electron chi connectivity index (χ3n) is 8.91. The predicted molar refractivity (Wildman–Crippen MR) is 161 cm³/mol. The molecule has 1 unspecified atom stereocenters. The Kier molecular flexibility index (Phi) is 8.99. The first-order valence-corrected chi connectivity index (χ1v) is 15.3. The Bertz CT molecular complexity index is 1780. The molecule has 4 heterocycles. The fraction of sp³-hybridized carbons (Fsp3) is 0.424. The summed E-state index contributed by atoms with van der Waals surface area (Å²) in [7, 11) is 1.18. The summed E-state index contributed by atoms with van der Waals surface area (Å²) in [5.41, 5.74) is 2.77. The zero-order valence-corrected chi connectivity index (χ0v) is 25.8. The zero-order chi connectivity index (χ0) is 33.5. The van der Waals surface area contributed by atoms with Crippen molar-refractivity contribution in [2.24, 2.45) is 0 Å². The number of aromatic nitrogens is 2. The van der Waals surface area contributed by atoms with Crippen molar-refractivity contribution in [2.45, 2.75) is 57.5 Å². The van der Waals surface area contributed by atoms with Gasteiger partial charge in [-0.05, 0) is 56.1 Å². The van der Waals surface area contributed by atoms with Crippen LogP contribution in [0.15, 0.2) is 46.9 Å². The molecular weight excluding hydrogens is 624 g/mol. The number of aliphatic hydroxyl groups is 1. The Labute approximate surface area is 267 Å². The first-order valence-electron chi connectivity index (χ1n) is 15.3. The van der Waals surface area contributed by atoms with E-state index in [-0.39, 0.29) is 36.4 Å². The Balaban J connectivity index is 1.16. The van der Waals surface area contributed by atoms with Crippen LogP contribution in [0.4, 0.5) is 22.4 Å². The van der Waals surface area contributed by atoms with E-state index in [1.165, 1.54) is 38.3 Å². The number of alkyl halides is 3. The molecule has 47 heavy (non-hydrogen) atoms. The van der Waals surface area contributed by atoms with Crippen LogP contribution in [0.2, 0.25) is 0 Å². The third kappa shape index (κ3) is 6.84. The van der Waals surface area contributed by atoms with Crippen molar-refractivity contribution < 1.29 is 46.1 Å². The largest absolute Gasteiger partial charge is 0.516 e. The molecule has 1 saturated heterocycles. The molecule has 1 fully saturated rings. The Morgan fingerprint density at radius 3 is 2.47 bits per heavy atom. The fourth-order valence-corrected chi connectivity index (χ4v) is 6.57. The summed E-state index contributed by atoms with van der Waals surface area (Å²) in [5.74, 6) is -0.660. The van der Waals surface area contributed by atoms with Gasteiger partial charge in [-0.3, -0.25) is 9.48 Å². The van der Waals surface area contributed by atoms with Crippen LogP contribution >= 0.6 is 0 Å². The monoisotopic (exact) mass is 658 g/mol. The second-order valence-corrected chi connectivity index (χ2v) is 12.0. The molecule has 4 aromatic rings. The van der Waals surface area contributed by atoms with Crippen LogP contribution in [-0.2, 0) is 35.2 Å². The molecule has 14 heteroatoms. The number of piperidine rings is 1. The van der Waals surface area contributed by atoms with Gasteiger partial charge < -0.3 is 28.8 Å². The number of aliphatic hydroxyl groups excluding tert-OH is 1. The van der Waals surface area contributed by atoms with E-state index < -0.39 is 29.8 Å². The molecule has 1 amide bonds. The van der Waals surface area contributed by atoms with Crippen molar-refractivity contribution in [3.8, 4) is 17.2 Å². The highest BCUT2D eigenvalue weighted by molar-refractivity contribution is 5.85. The van der Waals surface area contributed by atoms with Crippen LogP contribution in [0.1, 0.15) is 48.1 Å². The smallest absolute Gasteiger partial charge is 0.437 e. The van der Waals surface area contributed by atoms with Gasteiger partial charge in [0.15, 0.2) is 0 Å². The number of halogens is 4. The van der Waals surface area contributed by atoms with Crippen molar-refractivity contribution in [2.75, 3.05) is 33.3 Å². The molecule has 0 saturated carbocycles. The molecule has 1 N–H and O–H groups in total. The van der Waals surface area contributed by atoms with Gasteiger partial charge in [-0.25, -0.2) is 9.18 Å². The van der Waals surface area contributed by atoms with Crippen LogP contribution in [0.3, 0.4) is 0 Å². The van der Waals surface area contributed by atoms with Crippen LogP contribution in [-0.4, -0.2) is 76.1 Å². The minimum Gasteiger partial charge on any atom is -0.437 e. The number of likely N-dealkylation sites (tertiary alicyclic amines) is 1. The van der Waals surface area contributed by atoms with E-state index in [0.29, 0.717) is 67.6 Å². The number of hydrogen-bond acceptors (Lipinski definition) is 8. The summed E-state index contributed by atoms with van der Waals surface area (Å²) in [5, 5.41) is 16.6. The van der Waals surface area contributed by atoms with Gasteiger partial charge >= 0.3 is 12.3 Å². The molecule has 0 aliphatic carbocycles. The third-order valence-corrected chi connectivity index (χ3v) is 8.91. The van der Waals surface area contributed by atoms with E-state index in [0.717, 1.165) is 23.4 Å². The normalized spacial score (nSPS) is 16.7. The van der Waals surface area contributed by atoms with Gasteiger partial charge in [-0.1, -0.05) is 12.1 Å². The van der Waals surface area contributed by atoms with Crippen molar-refractivity contribution >= 4 is 23.0 Å². The molecule has 2 aliphatic rings. The first-order chi connectivity index (χ1) is 22.4. The molecule has 0 spiro atoms. The summed E-state index contributed by atoms with van der Waals surface area (Å²) in [4.78, 5) is 27.8. The number of fused-ring (bicyclic) bond motifs is 2. The molecule has 2 aliphatic heterocycles. The number of carbonyl (C=O) groups excluding carboxylic acids is 2. The van der Waals surface area contributed by atoms with Crippen LogP contribution in [0.5, 0.6) is 5.95 Å². The van der Waals surface area contributed by atoms with E-state index in [1.54, 1.807) is 15.6 Å². The Morgan fingerprint density at radius 2 is 1.81 bits per heavy atom. The minimum absolute atomic E-state index is 0.0217. The highest BCUT2D eigenvalue weighted by Crippen LogP contribution is 2.42. The number of methoxy groups -OCH3 is 1. The number of hydrogen-bond donors (Lipinski definition) is 1. The Morgan fingerprint density at radius 1 is 1.09 bits per heavy atom. The number of furan rings is 1. The lowest BCUT2D eigenvalue weighted by Crippen LogP contribution is -2.40. The maximum atomic E-state index is 13.9. The maximum Gasteiger partial charge on any atom is 0.516 e. The van der Waals surface area contributed by atoms with Gasteiger partial charge in [0.25, 0.3) is 5.95 Å². The fourth-order valence-electron chi connectivity index (χ4n) is 6.57. The molecule has 250 valence electrons. The number of ether oxygens (including phenoxy) is 2. The van der Waals surface area contributed by atoms with E-state index >= 15 is 0 Å². The van der Waals surface area contributed by atoms with Crippen molar-refractivity contribution in [1.29, 1.82) is 0 Å². The van der Waals surface area contributed by atoms with E-state index in [1.807, 2.05) is 0 Å². The van der Waals surface area contributed by atoms with Gasteiger partial charge in [-0.2, -0.15) is 18.3 Å². The quantitative estimate of drug-likeness (QED) is 0.198. The number of nitrogens with zero attached hydrogens (tertiary/aromatic N) is 4. The maximum absolute atomic E-state index is 13.9. The van der Waals surface area contributed by atoms with E-state index in [4.69, 9.17) is 14.3 Å². The standard InChI is InChI=1S/C33H34F4N4O6/c1-19(42)40-14-11-27-26(18-40)30(21-3-5-22(6-4-21)33(35,36)37)38-41(27)17-24(43)16-39-12-9-20(10-13-39)29-25-8-7-23(34)15-28(25)46-31(29)47-32(44)45-2/h3-8,15,20,24,43H,9-14,16-18H2,1-2H3. The number of carbonyl (C=O) groups is 2. The zero-order valence-electron chi connectivity index (χ0n) is 25.8. The minimum atomic E-state index is -4.47. The summed E-state index contributed by atoms with van der Waals surface area (Å²) in [6.07, 6.45) is -4.40. The van der Waals surface area contributed by atoms with Crippen molar-refractivity contribution in [3.05, 3.63) is 70.7 Å². The first kappa shape index (κ1) is 32.5. The van der Waals surface area contributed by atoms with Crippen LogP contribution in [0.25, 0.3) is 22.2 Å². The molecule has 0 radical (unpaired) electrons. The van der Waals surface area contributed by atoms with Gasteiger partial charge in [0, 0.05) is 66.8 Å². The van der Waals surface area contributed by atoms with E-state index in [2.05, 4.69) is 9.64 Å². The lowest BCUT2D eigenvalue weighted by Gasteiger charge is -2.33. The summed E-state index contributed by atoms with van der Waals surface area (Å²) in [6.45, 7) is 3.98. The molecule has 1 atom stereocenters. The second kappa shape index (κ2) is 13.0. The predicted octanol–water partition coefficient (Wildman–Crippen LogP) is 5.74. The van der Waals surface area contributed by atoms with Crippen LogP contribution < -0.4 is 4.74 Å². The topological polar surface area (TPSA) is 110 Å². The summed E-state index contributed by atoms with van der Waals surface area (Å²) >= 11 is 0.